The van der Waals surface area contributed by atoms with Gasteiger partial charge in [-0.05, 0) is 36.6 Å². The maximum atomic E-state index is 13.4. The summed E-state index contributed by atoms with van der Waals surface area (Å²) in [6.45, 7) is 6.92. The van der Waals surface area contributed by atoms with Crippen LogP contribution in [0.2, 0.25) is 0 Å². The highest BCUT2D eigenvalue weighted by atomic mass is 16.6. The van der Waals surface area contributed by atoms with Crippen molar-refractivity contribution in [3.8, 4) is 0 Å². The SMILES string of the molecule is CO/N=C(\C)C(c1cccnc1C)N1CCN(C(=O)CC(c2ccccc2)c2ccccc2)CC1. The number of oxime groups is 1. The fraction of sp³-hybridized carbons (Fsp3) is 0.345. The van der Waals surface area contributed by atoms with Gasteiger partial charge in [0.25, 0.3) is 0 Å². The molecule has 1 aromatic heterocycles. The molecule has 1 amide bonds. The third-order valence-electron chi connectivity index (χ3n) is 6.79. The lowest BCUT2D eigenvalue weighted by atomic mass is 9.88. The number of aryl methyl sites for hydroxylation is 1. The third kappa shape index (κ3) is 5.95. The average Bonchev–Trinajstić information content (AvgIpc) is 2.90. The van der Waals surface area contributed by atoms with Gasteiger partial charge in [0.15, 0.2) is 0 Å². The topological polar surface area (TPSA) is 58.0 Å². The van der Waals surface area contributed by atoms with Gasteiger partial charge in [0.2, 0.25) is 5.91 Å². The molecular formula is C29H34N4O2. The molecule has 0 aliphatic carbocycles. The zero-order valence-corrected chi connectivity index (χ0v) is 20.8. The van der Waals surface area contributed by atoms with Gasteiger partial charge in [0.1, 0.15) is 7.11 Å². The molecule has 3 aromatic rings. The Balaban J connectivity index is 1.47. The molecule has 0 N–H and O–H groups in total. The van der Waals surface area contributed by atoms with Crippen LogP contribution in [0.25, 0.3) is 0 Å². The first-order valence-corrected chi connectivity index (χ1v) is 12.2. The molecule has 4 rings (SSSR count). The number of hydrogen-bond acceptors (Lipinski definition) is 5. The van der Waals surface area contributed by atoms with Crippen molar-refractivity contribution in [2.24, 2.45) is 5.16 Å². The van der Waals surface area contributed by atoms with E-state index in [-0.39, 0.29) is 17.9 Å². The molecule has 1 unspecified atom stereocenters. The van der Waals surface area contributed by atoms with E-state index < -0.39 is 0 Å². The van der Waals surface area contributed by atoms with Crippen LogP contribution >= 0.6 is 0 Å². The Labute approximate surface area is 208 Å². The van der Waals surface area contributed by atoms with Gasteiger partial charge in [-0.15, -0.1) is 0 Å². The molecule has 0 spiro atoms. The first-order chi connectivity index (χ1) is 17.1. The van der Waals surface area contributed by atoms with Gasteiger partial charge in [-0.2, -0.15) is 0 Å². The number of carbonyl (C=O) groups is 1. The lowest BCUT2D eigenvalue weighted by molar-refractivity contribution is -0.133. The Morgan fingerprint density at radius 1 is 0.943 bits per heavy atom. The molecule has 0 radical (unpaired) electrons. The zero-order chi connectivity index (χ0) is 24.6. The van der Waals surface area contributed by atoms with E-state index in [4.69, 9.17) is 4.84 Å². The van der Waals surface area contributed by atoms with Crippen LogP contribution < -0.4 is 0 Å². The number of amides is 1. The summed E-state index contributed by atoms with van der Waals surface area (Å²) in [5.74, 6) is 0.239. The smallest absolute Gasteiger partial charge is 0.223 e. The van der Waals surface area contributed by atoms with Crippen LogP contribution in [0.15, 0.2) is 84.1 Å². The molecule has 1 saturated heterocycles. The normalized spacial score (nSPS) is 15.8. The monoisotopic (exact) mass is 470 g/mol. The summed E-state index contributed by atoms with van der Waals surface area (Å²) in [4.78, 5) is 27.4. The molecule has 6 heteroatoms. The van der Waals surface area contributed by atoms with Crippen molar-refractivity contribution >= 4 is 11.6 Å². The second kappa shape index (κ2) is 11.8. The summed E-state index contributed by atoms with van der Waals surface area (Å²) in [6.07, 6.45) is 2.27. The fourth-order valence-corrected chi connectivity index (χ4v) is 5.00. The van der Waals surface area contributed by atoms with E-state index in [1.165, 1.54) is 11.1 Å². The predicted octanol–water partition coefficient (Wildman–Crippen LogP) is 4.82. The zero-order valence-electron chi connectivity index (χ0n) is 20.8. The number of piperazine rings is 1. The lowest BCUT2D eigenvalue weighted by Crippen LogP contribution is -2.51. The van der Waals surface area contributed by atoms with Crippen LogP contribution in [-0.4, -0.2) is 59.7 Å². The number of carbonyl (C=O) groups excluding carboxylic acids is 1. The van der Waals surface area contributed by atoms with Gasteiger partial charge >= 0.3 is 0 Å². The van der Waals surface area contributed by atoms with Gasteiger partial charge in [0.05, 0.1) is 11.8 Å². The van der Waals surface area contributed by atoms with E-state index in [9.17, 15) is 4.79 Å². The second-order valence-electron chi connectivity index (χ2n) is 8.99. The van der Waals surface area contributed by atoms with Crippen LogP contribution in [0, 0.1) is 6.92 Å². The van der Waals surface area contributed by atoms with E-state index in [0.717, 1.165) is 30.1 Å². The molecular weight excluding hydrogens is 436 g/mol. The minimum atomic E-state index is -0.0257. The highest BCUT2D eigenvalue weighted by Crippen LogP contribution is 2.30. The van der Waals surface area contributed by atoms with Crippen molar-refractivity contribution in [3.63, 3.8) is 0 Å². The minimum Gasteiger partial charge on any atom is -0.399 e. The van der Waals surface area contributed by atoms with Crippen LogP contribution in [0.1, 0.15) is 47.7 Å². The first-order valence-electron chi connectivity index (χ1n) is 12.2. The Morgan fingerprint density at radius 2 is 1.54 bits per heavy atom. The summed E-state index contributed by atoms with van der Waals surface area (Å²) >= 11 is 0. The highest BCUT2D eigenvalue weighted by Gasteiger charge is 2.31. The maximum absolute atomic E-state index is 13.4. The molecule has 2 heterocycles. The minimum absolute atomic E-state index is 0.0257. The summed E-state index contributed by atoms with van der Waals surface area (Å²) in [6, 6.07) is 24.7. The Kier molecular flexibility index (Phi) is 8.27. The van der Waals surface area contributed by atoms with Crippen LogP contribution in [-0.2, 0) is 9.63 Å². The molecule has 1 aliphatic rings. The number of aromatic nitrogens is 1. The summed E-state index contributed by atoms with van der Waals surface area (Å²) in [5.41, 5.74) is 5.33. The lowest BCUT2D eigenvalue weighted by Gasteiger charge is -2.40. The quantitative estimate of drug-likeness (QED) is 0.350. The van der Waals surface area contributed by atoms with Gasteiger partial charge in [-0.25, -0.2) is 0 Å². The van der Waals surface area contributed by atoms with E-state index in [0.29, 0.717) is 19.5 Å². The Hall–Kier alpha value is -3.51. The van der Waals surface area contributed by atoms with Crippen LogP contribution in [0.3, 0.4) is 0 Å². The van der Waals surface area contributed by atoms with Gasteiger partial charge < -0.3 is 9.74 Å². The molecule has 1 atom stereocenters. The van der Waals surface area contributed by atoms with E-state index in [1.807, 2.05) is 67.4 Å². The Bertz CT molecular complexity index is 1090. The number of hydrogen-bond donors (Lipinski definition) is 0. The number of pyridine rings is 1. The van der Waals surface area contributed by atoms with E-state index in [2.05, 4.69) is 45.4 Å². The van der Waals surface area contributed by atoms with Crippen LogP contribution in [0.4, 0.5) is 0 Å². The molecule has 1 aliphatic heterocycles. The molecule has 0 saturated carbocycles. The van der Waals surface area contributed by atoms with Gasteiger partial charge in [-0.1, -0.05) is 71.9 Å². The summed E-state index contributed by atoms with van der Waals surface area (Å²) in [7, 11) is 1.57. The van der Waals surface area contributed by atoms with E-state index >= 15 is 0 Å². The van der Waals surface area contributed by atoms with Crippen molar-refractivity contribution in [3.05, 3.63) is 101 Å². The second-order valence-corrected chi connectivity index (χ2v) is 8.99. The molecule has 0 bridgehead atoms. The molecule has 182 valence electrons. The van der Waals surface area contributed by atoms with Crippen molar-refractivity contribution < 1.29 is 9.63 Å². The summed E-state index contributed by atoms with van der Waals surface area (Å²) in [5, 5.41) is 4.24. The molecule has 1 fully saturated rings. The highest BCUT2D eigenvalue weighted by molar-refractivity contribution is 5.88. The van der Waals surface area contributed by atoms with Crippen molar-refractivity contribution in [1.82, 2.24) is 14.8 Å². The fourth-order valence-electron chi connectivity index (χ4n) is 5.00. The van der Waals surface area contributed by atoms with Crippen LogP contribution in [0.5, 0.6) is 0 Å². The third-order valence-corrected chi connectivity index (χ3v) is 6.79. The van der Waals surface area contributed by atoms with Gasteiger partial charge in [-0.3, -0.25) is 14.7 Å². The van der Waals surface area contributed by atoms with Crippen molar-refractivity contribution in [2.45, 2.75) is 32.2 Å². The molecule has 35 heavy (non-hydrogen) atoms. The average molecular weight is 471 g/mol. The predicted molar refractivity (Wildman–Crippen MR) is 139 cm³/mol. The Morgan fingerprint density at radius 3 is 2.09 bits per heavy atom. The van der Waals surface area contributed by atoms with E-state index in [1.54, 1.807) is 7.11 Å². The van der Waals surface area contributed by atoms with Gasteiger partial charge in [0, 0.05) is 50.4 Å². The first kappa shape index (κ1) is 24.6. The maximum Gasteiger partial charge on any atom is 0.223 e. The molecule has 6 nitrogen and oxygen atoms in total. The number of benzene rings is 2. The number of nitrogens with zero attached hydrogens (tertiary/aromatic N) is 4. The largest absolute Gasteiger partial charge is 0.399 e. The standard InChI is InChI=1S/C29H34N4O2/c1-22-26(15-10-16-30-22)29(23(2)31-35-3)33-19-17-32(18-20-33)28(34)21-27(24-11-6-4-7-12-24)25-13-8-5-9-14-25/h4-16,27,29H,17-21H2,1-3H3/b31-23+. The molecule has 2 aromatic carbocycles. The van der Waals surface area contributed by atoms with Crippen molar-refractivity contribution in [2.75, 3.05) is 33.3 Å². The van der Waals surface area contributed by atoms with Crippen molar-refractivity contribution in [1.29, 1.82) is 0 Å². The number of rotatable bonds is 8. The summed E-state index contributed by atoms with van der Waals surface area (Å²) < 4.78 is 0.